The summed E-state index contributed by atoms with van der Waals surface area (Å²) in [6.45, 7) is 6.92. The van der Waals surface area contributed by atoms with Crippen molar-refractivity contribution < 1.29 is 4.79 Å². The van der Waals surface area contributed by atoms with Crippen molar-refractivity contribution in [3.63, 3.8) is 0 Å². The van der Waals surface area contributed by atoms with Crippen LogP contribution in [0.5, 0.6) is 0 Å². The van der Waals surface area contributed by atoms with E-state index < -0.39 is 0 Å². The first-order chi connectivity index (χ1) is 10.6. The molecule has 5 heteroatoms. The summed E-state index contributed by atoms with van der Waals surface area (Å²) in [6.07, 6.45) is 1.59. The molecule has 5 nitrogen and oxygen atoms in total. The van der Waals surface area contributed by atoms with Gasteiger partial charge < -0.3 is 10.6 Å². The van der Waals surface area contributed by atoms with E-state index in [2.05, 4.69) is 34.4 Å². The molecule has 0 saturated heterocycles. The summed E-state index contributed by atoms with van der Waals surface area (Å²) in [6, 6.07) is 11.4. The number of aromatic nitrogens is 2. The highest BCUT2D eigenvalue weighted by Crippen LogP contribution is 2.12. The van der Waals surface area contributed by atoms with Gasteiger partial charge in [0.15, 0.2) is 0 Å². The van der Waals surface area contributed by atoms with Crippen LogP contribution in [0, 0.1) is 5.92 Å². The van der Waals surface area contributed by atoms with Crippen molar-refractivity contribution in [1.82, 2.24) is 15.3 Å². The van der Waals surface area contributed by atoms with E-state index in [4.69, 9.17) is 0 Å². The van der Waals surface area contributed by atoms with E-state index in [1.165, 1.54) is 0 Å². The first-order valence-electron chi connectivity index (χ1n) is 7.49. The predicted molar refractivity (Wildman–Crippen MR) is 87.7 cm³/mol. The monoisotopic (exact) mass is 298 g/mol. The minimum atomic E-state index is -0.202. The van der Waals surface area contributed by atoms with Crippen LogP contribution in [0.15, 0.2) is 42.6 Å². The van der Waals surface area contributed by atoms with Gasteiger partial charge in [-0.1, -0.05) is 44.2 Å². The third kappa shape index (κ3) is 4.55. The summed E-state index contributed by atoms with van der Waals surface area (Å²) in [5.74, 6) is 0.763. The summed E-state index contributed by atoms with van der Waals surface area (Å²) in [5, 5.41) is 6.07. The zero-order valence-electron chi connectivity index (χ0n) is 13.2. The molecule has 0 aliphatic rings. The van der Waals surface area contributed by atoms with Gasteiger partial charge in [-0.15, -0.1) is 0 Å². The molecule has 0 radical (unpaired) electrons. The number of rotatable bonds is 6. The largest absolute Gasteiger partial charge is 0.354 e. The van der Waals surface area contributed by atoms with Gasteiger partial charge in [-0.25, -0.2) is 9.97 Å². The molecule has 0 aliphatic carbocycles. The van der Waals surface area contributed by atoms with Crippen LogP contribution in [0.4, 0.5) is 5.95 Å². The van der Waals surface area contributed by atoms with Gasteiger partial charge >= 0.3 is 0 Å². The van der Waals surface area contributed by atoms with E-state index in [9.17, 15) is 4.79 Å². The molecule has 1 aromatic heterocycles. The molecule has 116 valence electrons. The van der Waals surface area contributed by atoms with E-state index in [1.807, 2.05) is 37.3 Å². The summed E-state index contributed by atoms with van der Waals surface area (Å²) >= 11 is 0. The zero-order chi connectivity index (χ0) is 15.9. The lowest BCUT2D eigenvalue weighted by Crippen LogP contribution is -2.27. The molecule has 2 N–H and O–H groups in total. The molecule has 0 bridgehead atoms. The highest BCUT2D eigenvalue weighted by atomic mass is 16.1. The number of nitrogens with one attached hydrogen (secondary N) is 2. The summed E-state index contributed by atoms with van der Waals surface area (Å²) in [7, 11) is 0. The number of hydrogen-bond donors (Lipinski definition) is 2. The Morgan fingerprint density at radius 3 is 2.55 bits per heavy atom. The number of benzene rings is 1. The standard InChI is InChI=1S/C17H22N4O/c1-12(2)11-19-17-18-10-9-15(21-17)16(22)20-13(3)14-7-5-4-6-8-14/h4-10,12-13H,11H2,1-3H3,(H,20,22)(H,18,19,21). The van der Waals surface area contributed by atoms with E-state index in [0.29, 0.717) is 17.6 Å². The van der Waals surface area contributed by atoms with Crippen LogP contribution in [-0.2, 0) is 0 Å². The van der Waals surface area contributed by atoms with Gasteiger partial charge in [0.2, 0.25) is 5.95 Å². The zero-order valence-corrected chi connectivity index (χ0v) is 13.2. The van der Waals surface area contributed by atoms with Gasteiger partial charge in [-0.05, 0) is 24.5 Å². The molecule has 0 saturated carbocycles. The molecule has 2 rings (SSSR count). The molecule has 2 aromatic rings. The fourth-order valence-corrected chi connectivity index (χ4v) is 1.96. The van der Waals surface area contributed by atoms with E-state index in [1.54, 1.807) is 12.3 Å². The molecule has 1 heterocycles. The van der Waals surface area contributed by atoms with Gasteiger partial charge in [0.05, 0.1) is 6.04 Å². The number of carbonyl (C=O) groups excluding carboxylic acids is 1. The molecule has 1 amide bonds. The molecule has 1 aromatic carbocycles. The highest BCUT2D eigenvalue weighted by Gasteiger charge is 2.13. The normalized spacial score (nSPS) is 12.0. The van der Waals surface area contributed by atoms with Crippen LogP contribution in [-0.4, -0.2) is 22.4 Å². The quantitative estimate of drug-likeness (QED) is 0.860. The Kier molecular flexibility index (Phi) is 5.47. The van der Waals surface area contributed by atoms with Crippen LogP contribution in [0.2, 0.25) is 0 Å². The summed E-state index contributed by atoms with van der Waals surface area (Å²) in [5.41, 5.74) is 1.42. The second-order valence-electron chi connectivity index (χ2n) is 5.65. The molecule has 0 fully saturated rings. The average Bonchev–Trinajstić information content (AvgIpc) is 2.54. The Morgan fingerprint density at radius 2 is 1.86 bits per heavy atom. The minimum Gasteiger partial charge on any atom is -0.354 e. The average molecular weight is 298 g/mol. The van der Waals surface area contributed by atoms with E-state index in [0.717, 1.165) is 12.1 Å². The molecular formula is C17H22N4O. The van der Waals surface area contributed by atoms with Crippen molar-refractivity contribution in [2.24, 2.45) is 5.92 Å². The van der Waals surface area contributed by atoms with E-state index in [-0.39, 0.29) is 11.9 Å². The Bertz CT molecular complexity index is 613. The van der Waals surface area contributed by atoms with Crippen LogP contribution in [0.25, 0.3) is 0 Å². The van der Waals surface area contributed by atoms with Gasteiger partial charge in [0.25, 0.3) is 5.91 Å². The maximum Gasteiger partial charge on any atom is 0.270 e. The molecular weight excluding hydrogens is 276 g/mol. The molecule has 22 heavy (non-hydrogen) atoms. The van der Waals surface area contributed by atoms with Gasteiger partial charge in [0, 0.05) is 12.7 Å². The fourth-order valence-electron chi connectivity index (χ4n) is 1.96. The lowest BCUT2D eigenvalue weighted by atomic mass is 10.1. The van der Waals surface area contributed by atoms with Crippen molar-refractivity contribution >= 4 is 11.9 Å². The Balaban J connectivity index is 2.02. The molecule has 0 aliphatic heterocycles. The van der Waals surface area contributed by atoms with Crippen LogP contribution >= 0.6 is 0 Å². The van der Waals surface area contributed by atoms with Crippen molar-refractivity contribution in [1.29, 1.82) is 0 Å². The van der Waals surface area contributed by atoms with Gasteiger partial charge in [-0.2, -0.15) is 0 Å². The number of hydrogen-bond acceptors (Lipinski definition) is 4. The number of nitrogens with zero attached hydrogens (tertiary/aromatic N) is 2. The second kappa shape index (κ2) is 7.54. The van der Waals surface area contributed by atoms with Crippen molar-refractivity contribution in [2.45, 2.75) is 26.8 Å². The Hall–Kier alpha value is -2.43. The second-order valence-corrected chi connectivity index (χ2v) is 5.65. The van der Waals surface area contributed by atoms with Crippen LogP contribution in [0.1, 0.15) is 42.9 Å². The summed E-state index contributed by atoms with van der Waals surface area (Å²) in [4.78, 5) is 20.7. The lowest BCUT2D eigenvalue weighted by Gasteiger charge is -2.14. The van der Waals surface area contributed by atoms with Gasteiger partial charge in [-0.3, -0.25) is 4.79 Å². The van der Waals surface area contributed by atoms with E-state index >= 15 is 0 Å². The van der Waals surface area contributed by atoms with Crippen LogP contribution < -0.4 is 10.6 Å². The summed E-state index contributed by atoms with van der Waals surface area (Å²) < 4.78 is 0. The van der Waals surface area contributed by atoms with Gasteiger partial charge in [0.1, 0.15) is 5.69 Å². The third-order valence-corrected chi connectivity index (χ3v) is 3.20. The predicted octanol–water partition coefficient (Wildman–Crippen LogP) is 3.04. The fraction of sp³-hybridized carbons (Fsp3) is 0.353. The number of anilines is 1. The topological polar surface area (TPSA) is 66.9 Å². The first kappa shape index (κ1) is 15.9. The van der Waals surface area contributed by atoms with Crippen molar-refractivity contribution in [3.8, 4) is 0 Å². The highest BCUT2D eigenvalue weighted by molar-refractivity contribution is 5.92. The SMILES string of the molecule is CC(C)CNc1nccc(C(=O)NC(C)c2ccccc2)n1. The van der Waals surface area contributed by atoms with Crippen molar-refractivity contribution in [2.75, 3.05) is 11.9 Å². The smallest absolute Gasteiger partial charge is 0.270 e. The molecule has 0 spiro atoms. The maximum atomic E-state index is 12.3. The molecule has 1 atom stereocenters. The maximum absolute atomic E-state index is 12.3. The van der Waals surface area contributed by atoms with Crippen molar-refractivity contribution in [3.05, 3.63) is 53.9 Å². The Labute approximate surface area is 131 Å². The lowest BCUT2D eigenvalue weighted by molar-refractivity contribution is 0.0935. The third-order valence-electron chi connectivity index (χ3n) is 3.20. The first-order valence-corrected chi connectivity index (χ1v) is 7.49. The molecule has 1 unspecified atom stereocenters. The number of amides is 1. The number of carbonyl (C=O) groups is 1. The van der Waals surface area contributed by atoms with Crippen LogP contribution in [0.3, 0.4) is 0 Å². The Morgan fingerprint density at radius 1 is 1.14 bits per heavy atom. The minimum absolute atomic E-state index is 0.0734.